The molecule has 0 bridgehead atoms. The first-order chi connectivity index (χ1) is 13.3. The van der Waals surface area contributed by atoms with Crippen LogP contribution >= 0.6 is 11.6 Å². The van der Waals surface area contributed by atoms with Gasteiger partial charge in [-0.3, -0.25) is 4.79 Å². The molecule has 2 aromatic rings. The van der Waals surface area contributed by atoms with Crippen LogP contribution in [0, 0.1) is 5.92 Å². The molecule has 0 unspecified atom stereocenters. The Morgan fingerprint density at radius 2 is 1.86 bits per heavy atom. The monoisotopic (exact) mass is 412 g/mol. The first-order valence-corrected chi connectivity index (χ1v) is 9.44. The van der Waals surface area contributed by atoms with E-state index in [0.29, 0.717) is 40.0 Å². The van der Waals surface area contributed by atoms with Crippen molar-refractivity contribution in [1.29, 1.82) is 0 Å². The van der Waals surface area contributed by atoms with Crippen LogP contribution in [-0.2, 0) is 22.1 Å². The van der Waals surface area contributed by atoms with E-state index in [1.54, 1.807) is 19.1 Å². The highest BCUT2D eigenvalue weighted by atomic mass is 35.5. The molecule has 1 aliphatic rings. The van der Waals surface area contributed by atoms with Gasteiger partial charge in [0.1, 0.15) is 5.75 Å². The smallest absolute Gasteiger partial charge is 0.416 e. The van der Waals surface area contributed by atoms with Gasteiger partial charge in [-0.1, -0.05) is 23.7 Å². The normalized spacial score (nSPS) is 14.0. The summed E-state index contributed by atoms with van der Waals surface area (Å²) in [4.78, 5) is 11.8. The van der Waals surface area contributed by atoms with Crippen LogP contribution < -0.4 is 4.74 Å². The molecule has 0 spiro atoms. The van der Waals surface area contributed by atoms with Gasteiger partial charge in [-0.05, 0) is 61.1 Å². The number of hydrogen-bond donors (Lipinski definition) is 0. The number of benzene rings is 2. The second-order valence-electron chi connectivity index (χ2n) is 6.77. The largest absolute Gasteiger partial charge is 0.491 e. The molecule has 0 amide bonds. The van der Waals surface area contributed by atoms with E-state index in [-0.39, 0.29) is 13.0 Å². The molecule has 0 radical (unpaired) electrons. The summed E-state index contributed by atoms with van der Waals surface area (Å²) < 4.78 is 49.4. The molecule has 1 saturated carbocycles. The Hall–Kier alpha value is -2.21. The van der Waals surface area contributed by atoms with Crippen LogP contribution in [0.2, 0.25) is 5.02 Å². The topological polar surface area (TPSA) is 35.5 Å². The van der Waals surface area contributed by atoms with Gasteiger partial charge in [0.15, 0.2) is 0 Å². The van der Waals surface area contributed by atoms with Crippen LogP contribution in [0.1, 0.15) is 30.9 Å². The quantitative estimate of drug-likeness (QED) is 0.529. The number of hydrogen-bond acceptors (Lipinski definition) is 3. The summed E-state index contributed by atoms with van der Waals surface area (Å²) in [7, 11) is 0. The Labute approximate surface area is 166 Å². The molecule has 3 nitrogen and oxygen atoms in total. The molecular formula is C21H20ClF3O3. The first kappa shape index (κ1) is 20.5. The van der Waals surface area contributed by atoms with Gasteiger partial charge in [-0.2, -0.15) is 13.2 Å². The fraction of sp³-hybridized carbons (Fsp3) is 0.381. The molecule has 7 heteroatoms. The van der Waals surface area contributed by atoms with Gasteiger partial charge in [-0.15, -0.1) is 0 Å². The summed E-state index contributed by atoms with van der Waals surface area (Å²) in [5.74, 6) is 0.500. The predicted octanol–water partition coefficient (Wildman–Crippen LogP) is 5.92. The van der Waals surface area contributed by atoms with E-state index in [9.17, 15) is 18.0 Å². The summed E-state index contributed by atoms with van der Waals surface area (Å²) in [6.45, 7) is 2.48. The highest BCUT2D eigenvalue weighted by Gasteiger charge is 2.30. The molecule has 1 fully saturated rings. The zero-order chi connectivity index (χ0) is 20.3. The average Bonchev–Trinajstić information content (AvgIpc) is 3.44. The number of esters is 1. The Balaban J connectivity index is 1.96. The Morgan fingerprint density at radius 3 is 2.43 bits per heavy atom. The van der Waals surface area contributed by atoms with Crippen LogP contribution in [-0.4, -0.2) is 19.2 Å². The van der Waals surface area contributed by atoms with Crippen molar-refractivity contribution in [2.75, 3.05) is 13.2 Å². The van der Waals surface area contributed by atoms with Crippen molar-refractivity contribution in [3.63, 3.8) is 0 Å². The molecule has 28 heavy (non-hydrogen) atoms. The summed E-state index contributed by atoms with van der Waals surface area (Å²) in [6, 6.07) is 8.15. The van der Waals surface area contributed by atoms with Gasteiger partial charge in [0.05, 0.1) is 30.2 Å². The van der Waals surface area contributed by atoms with Gasteiger partial charge in [0.2, 0.25) is 0 Å². The maximum atomic E-state index is 12.9. The van der Waals surface area contributed by atoms with Crippen LogP contribution in [0.5, 0.6) is 5.75 Å². The minimum atomic E-state index is -4.41. The molecule has 1 aliphatic carbocycles. The van der Waals surface area contributed by atoms with Crippen molar-refractivity contribution >= 4 is 17.6 Å². The first-order valence-electron chi connectivity index (χ1n) is 9.06. The SMILES string of the molecule is CCOC(=O)Cc1cc(Cl)c(OCC2CC2)c(-c2ccc(C(F)(F)F)cc2)c1. The number of ether oxygens (including phenoxy) is 2. The van der Waals surface area contributed by atoms with Crippen LogP contribution in [0.4, 0.5) is 13.2 Å². The molecule has 0 saturated heterocycles. The molecule has 3 rings (SSSR count). The second-order valence-corrected chi connectivity index (χ2v) is 7.17. The predicted molar refractivity (Wildman–Crippen MR) is 100 cm³/mol. The highest BCUT2D eigenvalue weighted by Crippen LogP contribution is 2.40. The van der Waals surface area contributed by atoms with Gasteiger partial charge in [0, 0.05) is 5.56 Å². The molecule has 150 valence electrons. The number of rotatable bonds is 7. The van der Waals surface area contributed by atoms with E-state index in [1.807, 2.05) is 0 Å². The van der Waals surface area contributed by atoms with Crippen molar-refractivity contribution in [1.82, 2.24) is 0 Å². The van der Waals surface area contributed by atoms with E-state index < -0.39 is 17.7 Å². The van der Waals surface area contributed by atoms with Gasteiger partial charge < -0.3 is 9.47 Å². The number of carbonyl (C=O) groups excluding carboxylic acids is 1. The Bertz CT molecular complexity index is 843. The second kappa shape index (κ2) is 8.43. The standard InChI is InChI=1S/C21H20ClF3O3/c1-2-27-19(26)11-14-9-17(15-5-7-16(8-6-15)21(23,24)25)20(18(22)10-14)28-12-13-3-4-13/h5-10,13H,2-4,11-12H2,1H3. The minimum Gasteiger partial charge on any atom is -0.491 e. The van der Waals surface area contributed by atoms with Crippen molar-refractivity contribution in [2.24, 2.45) is 5.92 Å². The lowest BCUT2D eigenvalue weighted by molar-refractivity contribution is -0.142. The van der Waals surface area contributed by atoms with Crippen LogP contribution in [0.15, 0.2) is 36.4 Å². The Kier molecular flexibility index (Phi) is 6.18. The third-order valence-electron chi connectivity index (χ3n) is 4.44. The van der Waals surface area contributed by atoms with Gasteiger partial charge >= 0.3 is 12.1 Å². The summed E-state index contributed by atoms with van der Waals surface area (Å²) in [6.07, 6.45) is -2.21. The van der Waals surface area contributed by atoms with E-state index in [0.717, 1.165) is 25.0 Å². The lowest BCUT2D eigenvalue weighted by atomic mass is 9.99. The zero-order valence-corrected chi connectivity index (χ0v) is 16.1. The number of carbonyl (C=O) groups is 1. The van der Waals surface area contributed by atoms with Crippen molar-refractivity contribution in [3.8, 4) is 16.9 Å². The molecule has 0 aliphatic heterocycles. The van der Waals surface area contributed by atoms with Crippen LogP contribution in [0.3, 0.4) is 0 Å². The highest BCUT2D eigenvalue weighted by molar-refractivity contribution is 6.32. The summed E-state index contributed by atoms with van der Waals surface area (Å²) in [5, 5.41) is 0.317. The third-order valence-corrected chi connectivity index (χ3v) is 4.72. The van der Waals surface area contributed by atoms with Crippen molar-refractivity contribution in [3.05, 3.63) is 52.5 Å². The van der Waals surface area contributed by atoms with E-state index >= 15 is 0 Å². The molecular weight excluding hydrogens is 393 g/mol. The molecule has 0 heterocycles. The zero-order valence-electron chi connectivity index (χ0n) is 15.3. The van der Waals surface area contributed by atoms with E-state index in [4.69, 9.17) is 21.1 Å². The molecule has 0 atom stereocenters. The average molecular weight is 413 g/mol. The van der Waals surface area contributed by atoms with Crippen molar-refractivity contribution in [2.45, 2.75) is 32.4 Å². The van der Waals surface area contributed by atoms with Crippen LogP contribution in [0.25, 0.3) is 11.1 Å². The number of halogens is 4. The van der Waals surface area contributed by atoms with E-state index in [1.165, 1.54) is 12.1 Å². The summed E-state index contributed by atoms with van der Waals surface area (Å²) in [5.41, 5.74) is 0.968. The van der Waals surface area contributed by atoms with Gasteiger partial charge in [0.25, 0.3) is 0 Å². The lowest BCUT2D eigenvalue weighted by Crippen LogP contribution is -2.08. The van der Waals surface area contributed by atoms with Gasteiger partial charge in [-0.25, -0.2) is 0 Å². The molecule has 0 N–H and O–H groups in total. The lowest BCUT2D eigenvalue weighted by Gasteiger charge is -2.16. The Morgan fingerprint density at radius 1 is 1.18 bits per heavy atom. The van der Waals surface area contributed by atoms with E-state index in [2.05, 4.69) is 0 Å². The fourth-order valence-corrected chi connectivity index (χ4v) is 3.11. The van der Waals surface area contributed by atoms with Crippen molar-refractivity contribution < 1.29 is 27.4 Å². The fourth-order valence-electron chi connectivity index (χ4n) is 2.82. The maximum Gasteiger partial charge on any atom is 0.416 e. The number of alkyl halides is 3. The third kappa shape index (κ3) is 5.19. The summed E-state index contributed by atoms with van der Waals surface area (Å²) >= 11 is 6.40. The molecule has 0 aromatic heterocycles. The minimum absolute atomic E-state index is 0.0180. The molecule has 2 aromatic carbocycles. The maximum absolute atomic E-state index is 12.9.